The van der Waals surface area contributed by atoms with Gasteiger partial charge in [0.25, 0.3) is 0 Å². The summed E-state index contributed by atoms with van der Waals surface area (Å²) in [5.41, 5.74) is 6.64. The molecule has 17 heavy (non-hydrogen) atoms. The second-order valence-corrected chi connectivity index (χ2v) is 4.56. The SMILES string of the molecule is NCC(c1ccccn1)C(O)C1CCCOC1. The molecule has 0 spiro atoms. The van der Waals surface area contributed by atoms with Crippen LogP contribution < -0.4 is 5.73 Å². The number of nitrogens with two attached hydrogens (primary N) is 1. The Morgan fingerprint density at radius 2 is 2.41 bits per heavy atom. The van der Waals surface area contributed by atoms with Crippen LogP contribution in [0.15, 0.2) is 24.4 Å². The maximum Gasteiger partial charge on any atom is 0.0686 e. The second-order valence-electron chi connectivity index (χ2n) is 4.56. The molecule has 2 rings (SSSR count). The molecule has 1 aromatic heterocycles. The Bertz CT molecular complexity index is 325. The largest absolute Gasteiger partial charge is 0.392 e. The Balaban J connectivity index is 2.07. The monoisotopic (exact) mass is 236 g/mol. The third-order valence-electron chi connectivity index (χ3n) is 3.41. The summed E-state index contributed by atoms with van der Waals surface area (Å²) in [7, 11) is 0. The van der Waals surface area contributed by atoms with Gasteiger partial charge in [0.15, 0.2) is 0 Å². The molecule has 4 nitrogen and oxygen atoms in total. The smallest absolute Gasteiger partial charge is 0.0686 e. The Hall–Kier alpha value is -0.970. The van der Waals surface area contributed by atoms with Gasteiger partial charge in [-0.1, -0.05) is 6.07 Å². The quantitative estimate of drug-likeness (QED) is 0.815. The van der Waals surface area contributed by atoms with Crippen LogP contribution >= 0.6 is 0 Å². The van der Waals surface area contributed by atoms with Crippen LogP contribution in [0.4, 0.5) is 0 Å². The van der Waals surface area contributed by atoms with Crippen molar-refractivity contribution in [3.8, 4) is 0 Å². The van der Waals surface area contributed by atoms with Gasteiger partial charge < -0.3 is 15.6 Å². The standard InChI is InChI=1S/C13H20N2O2/c14-8-11(12-5-1-2-6-15-12)13(16)10-4-3-7-17-9-10/h1-2,5-6,10-11,13,16H,3-4,7-9,14H2. The van der Waals surface area contributed by atoms with Crippen molar-refractivity contribution in [2.24, 2.45) is 11.7 Å². The van der Waals surface area contributed by atoms with Gasteiger partial charge in [-0.05, 0) is 25.0 Å². The number of rotatable bonds is 4. The lowest BCUT2D eigenvalue weighted by atomic mass is 9.85. The van der Waals surface area contributed by atoms with E-state index in [1.807, 2.05) is 18.2 Å². The minimum Gasteiger partial charge on any atom is -0.392 e. The van der Waals surface area contributed by atoms with Crippen LogP contribution in [0, 0.1) is 5.92 Å². The number of ether oxygens (including phenoxy) is 1. The van der Waals surface area contributed by atoms with Crippen molar-refractivity contribution in [3.63, 3.8) is 0 Å². The van der Waals surface area contributed by atoms with Gasteiger partial charge in [0.1, 0.15) is 0 Å². The van der Waals surface area contributed by atoms with E-state index in [2.05, 4.69) is 4.98 Å². The van der Waals surface area contributed by atoms with E-state index in [1.165, 1.54) is 0 Å². The maximum absolute atomic E-state index is 10.4. The first-order valence-corrected chi connectivity index (χ1v) is 6.19. The average molecular weight is 236 g/mol. The van der Waals surface area contributed by atoms with Gasteiger partial charge in [0.05, 0.1) is 12.7 Å². The first kappa shape index (κ1) is 12.5. The molecule has 0 saturated carbocycles. The zero-order valence-corrected chi connectivity index (χ0v) is 9.96. The lowest BCUT2D eigenvalue weighted by Crippen LogP contribution is -2.37. The summed E-state index contributed by atoms with van der Waals surface area (Å²) in [6.07, 6.45) is 3.29. The van der Waals surface area contributed by atoms with E-state index >= 15 is 0 Å². The van der Waals surface area contributed by atoms with Crippen molar-refractivity contribution in [3.05, 3.63) is 30.1 Å². The van der Waals surface area contributed by atoms with Gasteiger partial charge in [-0.25, -0.2) is 0 Å². The number of aliphatic hydroxyl groups excluding tert-OH is 1. The number of aliphatic hydroxyl groups is 1. The molecule has 0 aromatic carbocycles. The summed E-state index contributed by atoms with van der Waals surface area (Å²) in [5, 5.41) is 10.4. The topological polar surface area (TPSA) is 68.4 Å². The molecule has 0 aliphatic carbocycles. The molecule has 2 heterocycles. The Labute approximate surface area is 102 Å². The summed E-state index contributed by atoms with van der Waals surface area (Å²) < 4.78 is 5.41. The molecule has 3 N–H and O–H groups in total. The van der Waals surface area contributed by atoms with E-state index in [1.54, 1.807) is 6.20 Å². The first-order chi connectivity index (χ1) is 8.33. The van der Waals surface area contributed by atoms with Crippen LogP contribution in [-0.2, 0) is 4.74 Å². The molecule has 4 heteroatoms. The van der Waals surface area contributed by atoms with Crippen LogP contribution in [0.25, 0.3) is 0 Å². The predicted molar refractivity (Wildman–Crippen MR) is 65.6 cm³/mol. The molecule has 1 aliphatic rings. The van der Waals surface area contributed by atoms with Crippen LogP contribution in [0.3, 0.4) is 0 Å². The van der Waals surface area contributed by atoms with Gasteiger partial charge in [-0.3, -0.25) is 4.98 Å². The molecule has 1 saturated heterocycles. The Morgan fingerprint density at radius 1 is 1.53 bits per heavy atom. The molecule has 94 valence electrons. The van der Waals surface area contributed by atoms with E-state index in [0.717, 1.165) is 25.1 Å². The van der Waals surface area contributed by atoms with Gasteiger partial charge in [-0.15, -0.1) is 0 Å². The number of nitrogens with zero attached hydrogens (tertiary/aromatic N) is 1. The number of pyridine rings is 1. The molecule has 1 fully saturated rings. The Morgan fingerprint density at radius 3 is 3.00 bits per heavy atom. The average Bonchev–Trinajstić information content (AvgIpc) is 2.42. The molecule has 0 bridgehead atoms. The molecule has 3 unspecified atom stereocenters. The highest BCUT2D eigenvalue weighted by Gasteiger charge is 2.30. The highest BCUT2D eigenvalue weighted by molar-refractivity contribution is 5.12. The fourth-order valence-corrected chi connectivity index (χ4v) is 2.39. The third-order valence-corrected chi connectivity index (χ3v) is 3.41. The van der Waals surface area contributed by atoms with E-state index in [9.17, 15) is 5.11 Å². The minimum atomic E-state index is -0.463. The van der Waals surface area contributed by atoms with E-state index in [4.69, 9.17) is 10.5 Å². The highest BCUT2D eigenvalue weighted by Crippen LogP contribution is 2.27. The first-order valence-electron chi connectivity index (χ1n) is 6.19. The van der Waals surface area contributed by atoms with Crippen molar-refractivity contribution in [1.29, 1.82) is 0 Å². The lowest BCUT2D eigenvalue weighted by Gasteiger charge is -2.31. The van der Waals surface area contributed by atoms with Gasteiger partial charge >= 0.3 is 0 Å². The number of hydrogen-bond donors (Lipinski definition) is 2. The summed E-state index contributed by atoms with van der Waals surface area (Å²) in [5.74, 6) is 0.0854. The van der Waals surface area contributed by atoms with E-state index < -0.39 is 6.10 Å². The number of aromatic nitrogens is 1. The lowest BCUT2D eigenvalue weighted by molar-refractivity contribution is -0.0189. The fraction of sp³-hybridized carbons (Fsp3) is 0.615. The maximum atomic E-state index is 10.4. The van der Waals surface area contributed by atoms with Crippen molar-refractivity contribution in [1.82, 2.24) is 4.98 Å². The van der Waals surface area contributed by atoms with Crippen molar-refractivity contribution in [2.45, 2.75) is 24.9 Å². The predicted octanol–water partition coefficient (Wildman–Crippen LogP) is 0.911. The molecule has 3 atom stereocenters. The zero-order chi connectivity index (χ0) is 12.1. The van der Waals surface area contributed by atoms with Crippen LogP contribution in [0.2, 0.25) is 0 Å². The van der Waals surface area contributed by atoms with E-state index in [-0.39, 0.29) is 11.8 Å². The highest BCUT2D eigenvalue weighted by atomic mass is 16.5. The normalized spacial score (nSPS) is 24.2. The summed E-state index contributed by atoms with van der Waals surface area (Å²) in [4.78, 5) is 4.29. The van der Waals surface area contributed by atoms with Gasteiger partial charge in [-0.2, -0.15) is 0 Å². The molecule has 0 amide bonds. The summed E-state index contributed by atoms with van der Waals surface area (Å²) in [6.45, 7) is 1.85. The zero-order valence-electron chi connectivity index (χ0n) is 9.96. The molecular weight excluding hydrogens is 216 g/mol. The third kappa shape index (κ3) is 3.03. The van der Waals surface area contributed by atoms with E-state index in [0.29, 0.717) is 13.2 Å². The van der Waals surface area contributed by atoms with Crippen molar-refractivity contribution in [2.75, 3.05) is 19.8 Å². The molecule has 1 aliphatic heterocycles. The molecule has 0 radical (unpaired) electrons. The fourth-order valence-electron chi connectivity index (χ4n) is 2.39. The Kier molecular flexibility index (Phi) is 4.48. The van der Waals surface area contributed by atoms with Crippen molar-refractivity contribution < 1.29 is 9.84 Å². The van der Waals surface area contributed by atoms with Crippen LogP contribution in [0.5, 0.6) is 0 Å². The summed E-state index contributed by atoms with van der Waals surface area (Å²) >= 11 is 0. The second kappa shape index (κ2) is 6.10. The molecular formula is C13H20N2O2. The van der Waals surface area contributed by atoms with Crippen LogP contribution in [-0.4, -0.2) is 36.0 Å². The van der Waals surface area contributed by atoms with Gasteiger partial charge in [0, 0.05) is 36.9 Å². The number of hydrogen-bond acceptors (Lipinski definition) is 4. The van der Waals surface area contributed by atoms with Gasteiger partial charge in [0.2, 0.25) is 0 Å². The van der Waals surface area contributed by atoms with Crippen molar-refractivity contribution >= 4 is 0 Å². The summed E-state index contributed by atoms with van der Waals surface area (Å²) in [6, 6.07) is 5.71. The molecule has 1 aromatic rings. The van der Waals surface area contributed by atoms with Crippen LogP contribution in [0.1, 0.15) is 24.5 Å². The minimum absolute atomic E-state index is 0.0945.